The highest BCUT2D eigenvalue weighted by molar-refractivity contribution is 14.1. The summed E-state index contributed by atoms with van der Waals surface area (Å²) in [6, 6.07) is 3.89. The number of rotatable bonds is 2. The van der Waals surface area contributed by atoms with Crippen molar-refractivity contribution in [3.63, 3.8) is 0 Å². The molecule has 0 fully saturated rings. The van der Waals surface area contributed by atoms with Crippen LogP contribution in [0.5, 0.6) is 11.5 Å². The monoisotopic (exact) mass is 280 g/mol. The van der Waals surface area contributed by atoms with E-state index in [0.717, 1.165) is 6.07 Å². The smallest absolute Gasteiger partial charge is 0.339 e. The minimum absolute atomic E-state index is 0.0515. The Morgan fingerprint density at radius 2 is 2.17 bits per heavy atom. The molecule has 0 unspecified atom stereocenters. The molecule has 0 aliphatic carbocycles. The third kappa shape index (κ3) is 1.79. The SMILES string of the molecule is O=C(O)c1cc(O)ccc1OI. The minimum atomic E-state index is -1.13. The second-order valence-electron chi connectivity index (χ2n) is 2.06. The van der Waals surface area contributed by atoms with Gasteiger partial charge in [0.05, 0.1) is 0 Å². The summed E-state index contributed by atoms with van der Waals surface area (Å²) in [6.07, 6.45) is 0. The molecule has 1 aromatic carbocycles. The fraction of sp³-hybridized carbons (Fsp3) is 0. The molecule has 0 atom stereocenters. The Morgan fingerprint density at radius 1 is 1.50 bits per heavy atom. The number of benzene rings is 1. The van der Waals surface area contributed by atoms with Crippen LogP contribution in [0.1, 0.15) is 10.4 Å². The van der Waals surface area contributed by atoms with Crippen molar-refractivity contribution in [2.75, 3.05) is 0 Å². The lowest BCUT2D eigenvalue weighted by atomic mass is 10.2. The third-order valence-electron chi connectivity index (χ3n) is 1.28. The molecule has 0 bridgehead atoms. The minimum Gasteiger partial charge on any atom is -0.508 e. The van der Waals surface area contributed by atoms with Gasteiger partial charge in [0, 0.05) is 0 Å². The molecular formula is C7H5IO4. The molecule has 0 spiro atoms. The molecule has 2 N–H and O–H groups in total. The van der Waals surface area contributed by atoms with Crippen molar-refractivity contribution < 1.29 is 18.1 Å². The van der Waals surface area contributed by atoms with Crippen LogP contribution in [0.4, 0.5) is 0 Å². The van der Waals surface area contributed by atoms with E-state index in [1.54, 1.807) is 23.0 Å². The first-order valence-electron chi connectivity index (χ1n) is 3.00. The van der Waals surface area contributed by atoms with E-state index in [1.165, 1.54) is 12.1 Å². The average molecular weight is 280 g/mol. The van der Waals surface area contributed by atoms with E-state index in [1.807, 2.05) is 0 Å². The Bertz CT molecular complexity index is 310. The van der Waals surface area contributed by atoms with Gasteiger partial charge in [-0.25, -0.2) is 4.79 Å². The summed E-state index contributed by atoms with van der Waals surface area (Å²) in [5, 5.41) is 17.6. The average Bonchev–Trinajstić information content (AvgIpc) is 2.04. The van der Waals surface area contributed by atoms with Crippen LogP contribution in [-0.2, 0) is 0 Å². The number of aromatic hydroxyl groups is 1. The zero-order valence-electron chi connectivity index (χ0n) is 5.82. The van der Waals surface area contributed by atoms with Crippen molar-refractivity contribution in [3.05, 3.63) is 23.8 Å². The van der Waals surface area contributed by atoms with E-state index in [4.69, 9.17) is 13.3 Å². The molecule has 5 heteroatoms. The molecule has 0 amide bonds. The Kier molecular flexibility index (Phi) is 2.74. The van der Waals surface area contributed by atoms with E-state index in [9.17, 15) is 4.79 Å². The Labute approximate surface area is 82.5 Å². The molecule has 12 heavy (non-hydrogen) atoms. The fourth-order valence-electron chi connectivity index (χ4n) is 0.752. The van der Waals surface area contributed by atoms with E-state index < -0.39 is 5.97 Å². The van der Waals surface area contributed by atoms with Crippen LogP contribution in [0.15, 0.2) is 18.2 Å². The van der Waals surface area contributed by atoms with Crippen LogP contribution in [0.2, 0.25) is 0 Å². The highest BCUT2D eigenvalue weighted by Crippen LogP contribution is 2.24. The number of carboxylic acid groups (broad SMARTS) is 1. The molecule has 64 valence electrons. The highest BCUT2D eigenvalue weighted by Gasteiger charge is 2.11. The Balaban J connectivity index is 3.21. The van der Waals surface area contributed by atoms with Gasteiger partial charge in [-0.15, -0.1) is 0 Å². The number of hydrogen-bond acceptors (Lipinski definition) is 3. The van der Waals surface area contributed by atoms with Gasteiger partial charge in [-0.3, -0.25) is 0 Å². The number of aromatic carboxylic acids is 1. The summed E-state index contributed by atoms with van der Waals surface area (Å²) in [7, 11) is 0. The molecule has 0 radical (unpaired) electrons. The number of carboxylic acids is 1. The van der Waals surface area contributed by atoms with Gasteiger partial charge in [0.2, 0.25) is 0 Å². The lowest BCUT2D eigenvalue weighted by Crippen LogP contribution is -1.97. The molecule has 0 aliphatic rings. The van der Waals surface area contributed by atoms with Crippen molar-refractivity contribution in [2.45, 2.75) is 0 Å². The van der Waals surface area contributed by atoms with Gasteiger partial charge in [-0.2, -0.15) is 0 Å². The second kappa shape index (κ2) is 3.61. The maximum absolute atomic E-state index is 10.5. The van der Waals surface area contributed by atoms with Crippen molar-refractivity contribution in [1.29, 1.82) is 0 Å². The summed E-state index contributed by atoms with van der Waals surface area (Å²) >= 11 is 1.58. The highest BCUT2D eigenvalue weighted by atomic mass is 127. The zero-order chi connectivity index (χ0) is 9.14. The number of phenols is 1. The first kappa shape index (κ1) is 9.11. The van der Waals surface area contributed by atoms with Gasteiger partial charge in [-0.1, -0.05) is 0 Å². The van der Waals surface area contributed by atoms with Gasteiger partial charge in [0.1, 0.15) is 17.1 Å². The molecule has 0 heterocycles. The fourth-order valence-corrected chi connectivity index (χ4v) is 1.14. The zero-order valence-corrected chi connectivity index (χ0v) is 7.98. The standard InChI is InChI=1S/C7H5IO4/c8-12-6-2-1-4(9)3-5(6)7(10)11/h1-3,9H,(H,10,11). The van der Waals surface area contributed by atoms with Crippen LogP contribution in [0.3, 0.4) is 0 Å². The topological polar surface area (TPSA) is 66.8 Å². The van der Waals surface area contributed by atoms with E-state index in [-0.39, 0.29) is 17.1 Å². The van der Waals surface area contributed by atoms with Gasteiger partial charge >= 0.3 is 5.97 Å². The molecule has 0 saturated carbocycles. The lowest BCUT2D eigenvalue weighted by Gasteiger charge is -2.01. The van der Waals surface area contributed by atoms with E-state index in [2.05, 4.69) is 0 Å². The van der Waals surface area contributed by atoms with Gasteiger partial charge in [0.25, 0.3) is 0 Å². The van der Waals surface area contributed by atoms with Gasteiger partial charge < -0.3 is 13.3 Å². The first-order valence-corrected chi connectivity index (χ1v) is 3.88. The molecular weight excluding hydrogens is 275 g/mol. The summed E-state index contributed by atoms with van der Waals surface area (Å²) in [6.45, 7) is 0. The normalized spacial score (nSPS) is 9.42. The first-order chi connectivity index (χ1) is 5.65. The maximum Gasteiger partial charge on any atom is 0.339 e. The van der Waals surface area contributed by atoms with E-state index in [0.29, 0.717) is 0 Å². The number of hydrogen-bond donors (Lipinski definition) is 2. The molecule has 0 saturated heterocycles. The largest absolute Gasteiger partial charge is 0.508 e. The number of carbonyl (C=O) groups is 1. The van der Waals surface area contributed by atoms with Crippen LogP contribution in [-0.4, -0.2) is 16.2 Å². The van der Waals surface area contributed by atoms with Crippen molar-refractivity contribution in [2.24, 2.45) is 0 Å². The molecule has 0 aromatic heterocycles. The predicted molar refractivity (Wildman–Crippen MR) is 49.7 cm³/mol. The van der Waals surface area contributed by atoms with Crippen molar-refractivity contribution in [1.82, 2.24) is 0 Å². The van der Waals surface area contributed by atoms with Crippen molar-refractivity contribution >= 4 is 29.0 Å². The maximum atomic E-state index is 10.5. The van der Waals surface area contributed by atoms with E-state index >= 15 is 0 Å². The predicted octanol–water partition coefficient (Wildman–Crippen LogP) is 1.82. The van der Waals surface area contributed by atoms with Crippen LogP contribution < -0.4 is 3.07 Å². The van der Waals surface area contributed by atoms with Crippen LogP contribution >= 0.6 is 23.0 Å². The summed E-state index contributed by atoms with van der Waals surface area (Å²) in [5.74, 6) is -0.997. The Hall–Kier alpha value is -0.980. The second-order valence-corrected chi connectivity index (χ2v) is 2.50. The van der Waals surface area contributed by atoms with Crippen LogP contribution in [0.25, 0.3) is 0 Å². The summed E-state index contributed by atoms with van der Waals surface area (Å²) in [4.78, 5) is 10.5. The Morgan fingerprint density at radius 3 is 2.67 bits per heavy atom. The molecule has 1 rings (SSSR count). The lowest BCUT2D eigenvalue weighted by molar-refractivity contribution is 0.0695. The number of halogens is 1. The van der Waals surface area contributed by atoms with Gasteiger partial charge in [0.15, 0.2) is 23.0 Å². The quantitative estimate of drug-likeness (QED) is 0.811. The van der Waals surface area contributed by atoms with Gasteiger partial charge in [-0.05, 0) is 18.2 Å². The molecule has 4 nitrogen and oxygen atoms in total. The number of phenolic OH excluding ortho intramolecular Hbond substituents is 1. The summed E-state index contributed by atoms with van der Waals surface area (Å²) in [5.41, 5.74) is -0.0515. The third-order valence-corrected chi connectivity index (χ3v) is 1.75. The van der Waals surface area contributed by atoms with Crippen LogP contribution in [0, 0.1) is 0 Å². The van der Waals surface area contributed by atoms with Crippen molar-refractivity contribution in [3.8, 4) is 11.5 Å². The molecule has 1 aromatic rings. The molecule has 0 aliphatic heterocycles. The summed E-state index contributed by atoms with van der Waals surface area (Å²) < 4.78 is 4.74.